The molecule has 0 aliphatic carbocycles. The Bertz CT molecular complexity index is 795. The molecule has 0 spiro atoms. The van der Waals surface area contributed by atoms with Gasteiger partial charge in [0.2, 0.25) is 0 Å². The second kappa shape index (κ2) is 4.93. The molecule has 0 saturated carbocycles. The highest BCUT2D eigenvalue weighted by Gasteiger charge is 2.38. The zero-order chi connectivity index (χ0) is 15.8. The first-order chi connectivity index (χ1) is 9.70. The molecule has 0 bridgehead atoms. The second-order valence-electron chi connectivity index (χ2n) is 4.05. The number of nitrogens with one attached hydrogen (secondary N) is 2. The van der Waals surface area contributed by atoms with E-state index in [4.69, 9.17) is 5.11 Å². The second-order valence-corrected chi connectivity index (χ2v) is 4.05. The molecule has 1 amide bonds. The highest BCUT2D eigenvalue weighted by Crippen LogP contribution is 2.22. The van der Waals surface area contributed by atoms with Crippen molar-refractivity contribution >= 4 is 28.3 Å². The number of pyridine rings is 1. The number of alkyl halides is 3. The highest BCUT2D eigenvalue weighted by atomic mass is 19.4. The molecule has 1 heterocycles. The number of hydrogen-bond donors (Lipinski definition) is 3. The third kappa shape index (κ3) is 2.86. The number of fused-ring (bicyclic) bond motifs is 1. The van der Waals surface area contributed by atoms with Gasteiger partial charge in [-0.1, -0.05) is 6.07 Å². The summed E-state index contributed by atoms with van der Waals surface area (Å²) in [5.74, 6) is -3.49. The minimum atomic E-state index is -5.07. The topological polar surface area (TPSA) is 99.3 Å². The van der Waals surface area contributed by atoms with Crippen LogP contribution in [0.4, 0.5) is 18.9 Å². The van der Waals surface area contributed by atoms with Crippen LogP contribution in [0.1, 0.15) is 10.4 Å². The molecule has 0 fully saturated rings. The summed E-state index contributed by atoms with van der Waals surface area (Å²) in [4.78, 5) is 35.6. The number of aromatic nitrogens is 1. The number of carboxylic acid groups (broad SMARTS) is 1. The third-order valence-electron chi connectivity index (χ3n) is 2.65. The van der Waals surface area contributed by atoms with E-state index in [9.17, 15) is 27.6 Å². The number of carboxylic acids is 1. The molecule has 2 rings (SSSR count). The first kappa shape index (κ1) is 14.6. The van der Waals surface area contributed by atoms with Crippen LogP contribution < -0.4 is 10.9 Å². The average molecular weight is 300 g/mol. The number of aromatic amines is 1. The molecule has 1 aromatic heterocycles. The monoisotopic (exact) mass is 300 g/mol. The summed E-state index contributed by atoms with van der Waals surface area (Å²) in [6.45, 7) is 0. The number of H-pyrrole nitrogens is 1. The van der Waals surface area contributed by atoms with E-state index in [1.54, 1.807) is 5.32 Å². The number of hydrogen-bond acceptors (Lipinski definition) is 3. The van der Waals surface area contributed by atoms with Crippen molar-refractivity contribution < 1.29 is 27.9 Å². The molecule has 110 valence electrons. The Balaban J connectivity index is 2.52. The Kier molecular flexibility index (Phi) is 3.42. The molecule has 0 saturated heterocycles. The normalized spacial score (nSPS) is 11.4. The lowest BCUT2D eigenvalue weighted by Gasteiger charge is -2.09. The maximum atomic E-state index is 12.1. The quantitative estimate of drug-likeness (QED) is 0.786. The fraction of sp³-hybridized carbons (Fsp3) is 0.0833. The van der Waals surface area contributed by atoms with Crippen LogP contribution in [0.5, 0.6) is 0 Å². The summed E-state index contributed by atoms with van der Waals surface area (Å²) in [6, 6.07) is 3.21. The van der Waals surface area contributed by atoms with Crippen molar-refractivity contribution in [2.45, 2.75) is 6.18 Å². The molecule has 0 unspecified atom stereocenters. The van der Waals surface area contributed by atoms with E-state index in [1.165, 1.54) is 0 Å². The van der Waals surface area contributed by atoms with Crippen LogP contribution in [0.25, 0.3) is 10.8 Å². The lowest BCUT2D eigenvalue weighted by atomic mass is 10.1. The van der Waals surface area contributed by atoms with Gasteiger partial charge in [-0.3, -0.25) is 9.59 Å². The number of amides is 1. The molecule has 21 heavy (non-hydrogen) atoms. The summed E-state index contributed by atoms with van der Waals surface area (Å²) < 4.78 is 36.4. The van der Waals surface area contributed by atoms with Gasteiger partial charge < -0.3 is 15.4 Å². The van der Waals surface area contributed by atoms with Gasteiger partial charge in [-0.15, -0.1) is 0 Å². The zero-order valence-corrected chi connectivity index (χ0v) is 10.1. The fourth-order valence-electron chi connectivity index (χ4n) is 1.72. The van der Waals surface area contributed by atoms with Crippen LogP contribution >= 0.6 is 0 Å². The number of carbonyl (C=O) groups excluding carboxylic acids is 1. The SMILES string of the molecule is O=C(O)c1c[nH]c(=O)c2cc(NC(=O)C(F)(F)F)ccc12. The largest absolute Gasteiger partial charge is 0.478 e. The van der Waals surface area contributed by atoms with E-state index in [0.29, 0.717) is 0 Å². The molecule has 6 nitrogen and oxygen atoms in total. The van der Waals surface area contributed by atoms with Gasteiger partial charge in [-0.2, -0.15) is 13.2 Å². The van der Waals surface area contributed by atoms with Gasteiger partial charge in [-0.05, 0) is 12.1 Å². The standard InChI is InChI=1S/C12H7F3N2O4/c13-12(14,15)11(21)17-5-1-2-6-7(3-5)9(18)16-4-8(6)10(19)20/h1-4H,(H,16,18)(H,17,21)(H,19,20). The summed E-state index contributed by atoms with van der Waals surface area (Å²) >= 11 is 0. The summed E-state index contributed by atoms with van der Waals surface area (Å²) in [6.07, 6.45) is -4.08. The predicted molar refractivity (Wildman–Crippen MR) is 66.2 cm³/mol. The Morgan fingerprint density at radius 3 is 2.43 bits per heavy atom. The lowest BCUT2D eigenvalue weighted by molar-refractivity contribution is -0.167. The molecule has 0 aliphatic heterocycles. The summed E-state index contributed by atoms with van der Waals surface area (Å²) in [7, 11) is 0. The molecule has 0 atom stereocenters. The molecule has 3 N–H and O–H groups in total. The Morgan fingerprint density at radius 2 is 1.86 bits per heavy atom. The molecule has 2 aromatic rings. The van der Waals surface area contributed by atoms with E-state index in [0.717, 1.165) is 24.4 Å². The van der Waals surface area contributed by atoms with E-state index in [-0.39, 0.29) is 22.0 Å². The lowest BCUT2D eigenvalue weighted by Crippen LogP contribution is -2.29. The molecular weight excluding hydrogens is 293 g/mol. The van der Waals surface area contributed by atoms with Crippen LogP contribution in [-0.4, -0.2) is 28.1 Å². The number of aromatic carboxylic acids is 1. The van der Waals surface area contributed by atoms with Crippen molar-refractivity contribution in [3.05, 3.63) is 40.3 Å². The van der Waals surface area contributed by atoms with Crippen molar-refractivity contribution in [2.24, 2.45) is 0 Å². The fourth-order valence-corrected chi connectivity index (χ4v) is 1.72. The van der Waals surface area contributed by atoms with E-state index < -0.39 is 23.6 Å². The van der Waals surface area contributed by atoms with Crippen LogP contribution in [0, 0.1) is 0 Å². The highest BCUT2D eigenvalue weighted by molar-refractivity contribution is 6.04. The molecule has 0 radical (unpaired) electrons. The zero-order valence-electron chi connectivity index (χ0n) is 10.1. The van der Waals surface area contributed by atoms with Crippen LogP contribution in [0.15, 0.2) is 29.2 Å². The molecular formula is C12H7F3N2O4. The van der Waals surface area contributed by atoms with Gasteiger partial charge in [-0.25, -0.2) is 4.79 Å². The first-order valence-electron chi connectivity index (χ1n) is 5.47. The Labute approximate surface area is 114 Å². The Morgan fingerprint density at radius 1 is 1.19 bits per heavy atom. The van der Waals surface area contributed by atoms with Gasteiger partial charge in [0.05, 0.1) is 5.56 Å². The van der Waals surface area contributed by atoms with Gasteiger partial charge in [0.25, 0.3) is 5.56 Å². The van der Waals surface area contributed by atoms with Gasteiger partial charge >= 0.3 is 18.1 Å². The average Bonchev–Trinajstić information content (AvgIpc) is 2.38. The smallest absolute Gasteiger partial charge is 0.471 e. The van der Waals surface area contributed by atoms with E-state index >= 15 is 0 Å². The maximum Gasteiger partial charge on any atom is 0.471 e. The van der Waals surface area contributed by atoms with Crippen molar-refractivity contribution in [3.63, 3.8) is 0 Å². The van der Waals surface area contributed by atoms with Gasteiger partial charge in [0, 0.05) is 22.7 Å². The molecule has 1 aromatic carbocycles. The van der Waals surface area contributed by atoms with Crippen LogP contribution in [-0.2, 0) is 4.79 Å². The minimum absolute atomic E-state index is 0.0521. The van der Waals surface area contributed by atoms with E-state index in [2.05, 4.69) is 4.98 Å². The minimum Gasteiger partial charge on any atom is -0.478 e. The Hall–Kier alpha value is -2.84. The third-order valence-corrected chi connectivity index (χ3v) is 2.65. The van der Waals surface area contributed by atoms with Gasteiger partial charge in [0.1, 0.15) is 0 Å². The summed E-state index contributed by atoms with van der Waals surface area (Å²) in [5.41, 5.74) is -1.16. The van der Waals surface area contributed by atoms with Crippen molar-refractivity contribution in [1.29, 1.82) is 0 Å². The number of rotatable bonds is 2. The summed E-state index contributed by atoms with van der Waals surface area (Å²) in [5, 5.41) is 10.4. The van der Waals surface area contributed by atoms with E-state index in [1.807, 2.05) is 0 Å². The van der Waals surface area contributed by atoms with Crippen LogP contribution in [0.3, 0.4) is 0 Å². The number of carbonyl (C=O) groups is 2. The van der Waals surface area contributed by atoms with Crippen molar-refractivity contribution in [1.82, 2.24) is 4.98 Å². The maximum absolute atomic E-state index is 12.1. The van der Waals surface area contributed by atoms with Gasteiger partial charge in [0.15, 0.2) is 0 Å². The number of anilines is 1. The van der Waals surface area contributed by atoms with Crippen LogP contribution in [0.2, 0.25) is 0 Å². The van der Waals surface area contributed by atoms with Crippen molar-refractivity contribution in [3.8, 4) is 0 Å². The van der Waals surface area contributed by atoms with Crippen molar-refractivity contribution in [2.75, 3.05) is 5.32 Å². The number of halogens is 3. The predicted octanol–water partition coefficient (Wildman–Crippen LogP) is 1.73. The molecule has 9 heteroatoms. The molecule has 0 aliphatic rings. The number of benzene rings is 1. The first-order valence-corrected chi connectivity index (χ1v) is 5.47.